The van der Waals surface area contributed by atoms with Crippen LogP contribution in [0.5, 0.6) is 0 Å². The predicted octanol–water partition coefficient (Wildman–Crippen LogP) is -0.268. The van der Waals surface area contributed by atoms with Crippen LogP contribution in [0.2, 0.25) is 0 Å². The van der Waals surface area contributed by atoms with Gasteiger partial charge in [0.25, 0.3) is 0 Å². The van der Waals surface area contributed by atoms with Gasteiger partial charge in [0, 0.05) is 13.7 Å². The van der Waals surface area contributed by atoms with E-state index in [4.69, 9.17) is 10.5 Å². The van der Waals surface area contributed by atoms with Gasteiger partial charge in [0.1, 0.15) is 0 Å². The van der Waals surface area contributed by atoms with E-state index in [1.165, 1.54) is 0 Å². The largest absolute Gasteiger partial charge is 0.383 e. The molecule has 12 heavy (non-hydrogen) atoms. The van der Waals surface area contributed by atoms with Crippen molar-refractivity contribution >= 4 is 5.91 Å². The monoisotopic (exact) mass is 174 g/mol. The fraction of sp³-hybridized carbons (Fsp3) is 0.875. The first-order chi connectivity index (χ1) is 5.59. The molecular weight excluding hydrogens is 156 g/mol. The summed E-state index contributed by atoms with van der Waals surface area (Å²) in [5, 5.41) is 2.68. The van der Waals surface area contributed by atoms with Gasteiger partial charge in [0.05, 0.1) is 12.6 Å². The Morgan fingerprint density at radius 2 is 2.17 bits per heavy atom. The summed E-state index contributed by atoms with van der Waals surface area (Å²) >= 11 is 0. The second-order valence-electron chi connectivity index (χ2n) is 3.05. The highest BCUT2D eigenvalue weighted by Gasteiger charge is 2.15. The minimum atomic E-state index is -0.415. The predicted molar refractivity (Wildman–Crippen MR) is 47.7 cm³/mol. The molecule has 0 heterocycles. The minimum absolute atomic E-state index is 0.109. The first-order valence-corrected chi connectivity index (χ1v) is 4.11. The number of rotatable bonds is 5. The Balaban J connectivity index is 3.57. The Labute approximate surface area is 73.5 Å². The summed E-state index contributed by atoms with van der Waals surface area (Å²) in [5.41, 5.74) is 5.59. The van der Waals surface area contributed by atoms with Crippen LogP contribution in [0.15, 0.2) is 0 Å². The molecule has 0 spiro atoms. The van der Waals surface area contributed by atoms with Crippen LogP contribution in [-0.4, -0.2) is 32.2 Å². The molecule has 0 aromatic carbocycles. The molecule has 0 aliphatic rings. The van der Waals surface area contributed by atoms with Crippen LogP contribution < -0.4 is 11.1 Å². The SMILES string of the molecule is COCCNC(=O)[C@@H](N)C(C)C. The lowest BCUT2D eigenvalue weighted by Crippen LogP contribution is -2.44. The first kappa shape index (κ1) is 11.4. The summed E-state index contributed by atoms with van der Waals surface area (Å²) in [7, 11) is 1.59. The van der Waals surface area contributed by atoms with Gasteiger partial charge in [-0.2, -0.15) is 0 Å². The molecule has 0 aliphatic heterocycles. The van der Waals surface area contributed by atoms with E-state index >= 15 is 0 Å². The molecule has 0 saturated heterocycles. The summed E-state index contributed by atoms with van der Waals surface area (Å²) in [6.07, 6.45) is 0. The number of methoxy groups -OCH3 is 1. The fourth-order valence-electron chi connectivity index (χ4n) is 0.697. The van der Waals surface area contributed by atoms with E-state index in [9.17, 15) is 4.79 Å². The molecular formula is C8H18N2O2. The summed E-state index contributed by atoms with van der Waals surface area (Å²) in [6.45, 7) is 4.88. The molecule has 0 saturated carbocycles. The van der Waals surface area contributed by atoms with Crippen LogP contribution in [0.3, 0.4) is 0 Å². The number of ether oxygens (including phenoxy) is 1. The second-order valence-corrected chi connectivity index (χ2v) is 3.05. The first-order valence-electron chi connectivity index (χ1n) is 4.11. The highest BCUT2D eigenvalue weighted by molar-refractivity contribution is 5.81. The third-order valence-electron chi connectivity index (χ3n) is 1.63. The molecule has 0 aromatic heterocycles. The van der Waals surface area contributed by atoms with Gasteiger partial charge in [0.2, 0.25) is 5.91 Å². The molecule has 3 N–H and O–H groups in total. The summed E-state index contributed by atoms with van der Waals surface area (Å²) < 4.78 is 4.78. The van der Waals surface area contributed by atoms with Crippen LogP contribution in [0.4, 0.5) is 0 Å². The van der Waals surface area contributed by atoms with Crippen molar-refractivity contribution in [2.45, 2.75) is 19.9 Å². The number of nitrogens with two attached hydrogens (primary N) is 1. The molecule has 0 fully saturated rings. The van der Waals surface area contributed by atoms with E-state index in [0.717, 1.165) is 0 Å². The number of carbonyl (C=O) groups is 1. The van der Waals surface area contributed by atoms with Gasteiger partial charge in [0.15, 0.2) is 0 Å². The maximum Gasteiger partial charge on any atom is 0.237 e. The minimum Gasteiger partial charge on any atom is -0.383 e. The van der Waals surface area contributed by atoms with Gasteiger partial charge in [-0.25, -0.2) is 0 Å². The zero-order valence-corrected chi connectivity index (χ0v) is 7.96. The zero-order chi connectivity index (χ0) is 9.56. The van der Waals surface area contributed by atoms with Crippen molar-refractivity contribution in [2.75, 3.05) is 20.3 Å². The van der Waals surface area contributed by atoms with Crippen molar-refractivity contribution in [2.24, 2.45) is 11.7 Å². The van der Waals surface area contributed by atoms with E-state index in [1.54, 1.807) is 7.11 Å². The van der Waals surface area contributed by atoms with Crippen LogP contribution >= 0.6 is 0 Å². The summed E-state index contributed by atoms with van der Waals surface area (Å²) in [5.74, 6) is 0.0644. The molecule has 0 radical (unpaired) electrons. The Morgan fingerprint density at radius 1 is 1.58 bits per heavy atom. The molecule has 0 rings (SSSR count). The fourth-order valence-corrected chi connectivity index (χ4v) is 0.697. The molecule has 0 unspecified atom stereocenters. The average molecular weight is 174 g/mol. The van der Waals surface area contributed by atoms with Gasteiger partial charge in [-0.15, -0.1) is 0 Å². The normalized spacial score (nSPS) is 13.1. The van der Waals surface area contributed by atoms with Gasteiger partial charge in [-0.05, 0) is 5.92 Å². The van der Waals surface area contributed by atoms with Crippen molar-refractivity contribution < 1.29 is 9.53 Å². The van der Waals surface area contributed by atoms with Gasteiger partial charge in [-0.1, -0.05) is 13.8 Å². The third-order valence-corrected chi connectivity index (χ3v) is 1.63. The molecule has 1 atom stereocenters. The standard InChI is InChI=1S/C8H18N2O2/c1-6(2)7(9)8(11)10-4-5-12-3/h6-7H,4-5,9H2,1-3H3,(H,10,11)/t7-/m0/s1. The molecule has 0 bridgehead atoms. The maximum atomic E-state index is 11.2. The van der Waals surface area contributed by atoms with Crippen molar-refractivity contribution in [3.63, 3.8) is 0 Å². The number of amides is 1. The topological polar surface area (TPSA) is 64.3 Å². The van der Waals surface area contributed by atoms with Crippen molar-refractivity contribution in [1.82, 2.24) is 5.32 Å². The average Bonchev–Trinajstić information content (AvgIpc) is 2.03. The van der Waals surface area contributed by atoms with Crippen LogP contribution in [0, 0.1) is 5.92 Å². The van der Waals surface area contributed by atoms with Crippen LogP contribution in [0.1, 0.15) is 13.8 Å². The lowest BCUT2D eigenvalue weighted by molar-refractivity contribution is -0.123. The smallest absolute Gasteiger partial charge is 0.237 e. The Hall–Kier alpha value is -0.610. The van der Waals surface area contributed by atoms with Gasteiger partial charge >= 0.3 is 0 Å². The van der Waals surface area contributed by atoms with Crippen LogP contribution in [-0.2, 0) is 9.53 Å². The Bertz CT molecular complexity index is 137. The van der Waals surface area contributed by atoms with Crippen molar-refractivity contribution in [3.8, 4) is 0 Å². The maximum absolute atomic E-state index is 11.2. The third kappa shape index (κ3) is 4.31. The van der Waals surface area contributed by atoms with E-state index in [1.807, 2.05) is 13.8 Å². The number of hydrogen-bond acceptors (Lipinski definition) is 3. The Morgan fingerprint density at radius 3 is 2.58 bits per heavy atom. The molecule has 0 aliphatic carbocycles. The lowest BCUT2D eigenvalue weighted by atomic mass is 10.1. The van der Waals surface area contributed by atoms with Gasteiger partial charge < -0.3 is 15.8 Å². The quantitative estimate of drug-likeness (QED) is 0.564. The molecule has 72 valence electrons. The number of carbonyl (C=O) groups excluding carboxylic acids is 1. The zero-order valence-electron chi connectivity index (χ0n) is 7.96. The summed E-state index contributed by atoms with van der Waals surface area (Å²) in [4.78, 5) is 11.2. The van der Waals surface area contributed by atoms with E-state index < -0.39 is 6.04 Å². The highest BCUT2D eigenvalue weighted by atomic mass is 16.5. The molecule has 1 amide bonds. The highest BCUT2D eigenvalue weighted by Crippen LogP contribution is 1.96. The second kappa shape index (κ2) is 5.97. The van der Waals surface area contributed by atoms with E-state index in [0.29, 0.717) is 13.2 Å². The van der Waals surface area contributed by atoms with Crippen LogP contribution in [0.25, 0.3) is 0 Å². The summed E-state index contributed by atoms with van der Waals surface area (Å²) in [6, 6.07) is -0.415. The lowest BCUT2D eigenvalue weighted by Gasteiger charge is -2.14. The molecule has 0 aromatic rings. The number of hydrogen-bond donors (Lipinski definition) is 2. The van der Waals surface area contributed by atoms with E-state index in [-0.39, 0.29) is 11.8 Å². The number of nitrogens with one attached hydrogen (secondary N) is 1. The van der Waals surface area contributed by atoms with E-state index in [2.05, 4.69) is 5.32 Å². The van der Waals surface area contributed by atoms with Crippen molar-refractivity contribution in [1.29, 1.82) is 0 Å². The molecule has 4 heteroatoms. The Kier molecular flexibility index (Phi) is 5.66. The van der Waals surface area contributed by atoms with Gasteiger partial charge in [-0.3, -0.25) is 4.79 Å². The van der Waals surface area contributed by atoms with Crippen molar-refractivity contribution in [3.05, 3.63) is 0 Å². The molecule has 4 nitrogen and oxygen atoms in total.